The van der Waals surface area contributed by atoms with Crippen molar-refractivity contribution in [2.24, 2.45) is 5.73 Å². The molecular weight excluding hydrogens is 692 g/mol. The van der Waals surface area contributed by atoms with E-state index in [2.05, 4.69) is 19.8 Å². The molecule has 4 amide bonds. The number of benzene rings is 1. The van der Waals surface area contributed by atoms with E-state index in [0.29, 0.717) is 12.8 Å². The van der Waals surface area contributed by atoms with Crippen LogP contribution in [0.3, 0.4) is 0 Å². The molecule has 3 rings (SSSR count). The number of unbranched alkanes of at least 4 members (excludes halogenated alkanes) is 1. The standard InChI is InChI=1S/C34H47F2N5O11/c1-19(38-31(45)51-33(2,3)4)26-25(29(44)41-15-14-40(18-21(41)27(37)43)32(46)52-34(5,6)7)39-28(50-26)20-12-13-22(49-30(35)36)23(17-20)48-16-10-9-11-24(42)47-8/h12-13,17,19,21,30H,9-11,14-16,18H2,1-8H3,(H2,37,43)(H,38,45)/t19-,21?/m0/s1. The van der Waals surface area contributed by atoms with Crippen LogP contribution in [-0.2, 0) is 23.8 Å². The highest BCUT2D eigenvalue weighted by Gasteiger charge is 2.40. The summed E-state index contributed by atoms with van der Waals surface area (Å²) in [4.78, 5) is 70.5. The van der Waals surface area contributed by atoms with Gasteiger partial charge in [0.05, 0.1) is 26.3 Å². The van der Waals surface area contributed by atoms with Crippen molar-refractivity contribution in [2.75, 3.05) is 33.4 Å². The lowest BCUT2D eigenvalue weighted by atomic mass is 10.1. The molecule has 1 aliphatic heterocycles. The number of methoxy groups -OCH3 is 1. The summed E-state index contributed by atoms with van der Waals surface area (Å²) in [5.74, 6) is -2.78. The number of alkyl carbamates (subject to hydrolysis) is 1. The third-order valence-corrected chi connectivity index (χ3v) is 7.27. The molecule has 288 valence electrons. The van der Waals surface area contributed by atoms with Gasteiger partial charge >= 0.3 is 24.8 Å². The largest absolute Gasteiger partial charge is 0.490 e. The molecule has 0 radical (unpaired) electrons. The van der Waals surface area contributed by atoms with E-state index in [1.807, 2.05) is 0 Å². The van der Waals surface area contributed by atoms with Crippen LogP contribution in [-0.4, -0.2) is 102 Å². The fourth-order valence-electron chi connectivity index (χ4n) is 4.95. The predicted octanol–water partition coefficient (Wildman–Crippen LogP) is 4.80. The number of alkyl halides is 2. The molecule has 0 aliphatic carbocycles. The Balaban J connectivity index is 2.00. The van der Waals surface area contributed by atoms with Crippen LogP contribution in [0.5, 0.6) is 11.5 Å². The fourth-order valence-corrected chi connectivity index (χ4v) is 4.95. The maximum Gasteiger partial charge on any atom is 0.410 e. The Morgan fingerprint density at radius 3 is 2.29 bits per heavy atom. The zero-order chi connectivity index (χ0) is 39.0. The van der Waals surface area contributed by atoms with Crippen molar-refractivity contribution >= 4 is 30.0 Å². The second-order valence-electron chi connectivity index (χ2n) is 13.9. The first-order valence-electron chi connectivity index (χ1n) is 16.6. The van der Waals surface area contributed by atoms with E-state index in [0.717, 1.165) is 4.90 Å². The van der Waals surface area contributed by atoms with Gasteiger partial charge in [-0.15, -0.1) is 0 Å². The van der Waals surface area contributed by atoms with Crippen molar-refractivity contribution in [3.8, 4) is 23.0 Å². The van der Waals surface area contributed by atoms with Crippen molar-refractivity contribution in [3.05, 3.63) is 29.7 Å². The molecule has 2 atom stereocenters. The topological polar surface area (TPSA) is 202 Å². The second kappa shape index (κ2) is 17.4. The van der Waals surface area contributed by atoms with Gasteiger partial charge in [0.1, 0.15) is 17.2 Å². The van der Waals surface area contributed by atoms with Crippen molar-refractivity contribution in [2.45, 2.75) is 97.6 Å². The Morgan fingerprint density at radius 2 is 1.69 bits per heavy atom. The van der Waals surface area contributed by atoms with Crippen LogP contribution in [0.4, 0.5) is 18.4 Å². The number of oxazole rings is 1. The highest BCUT2D eigenvalue weighted by Crippen LogP contribution is 2.36. The Bertz CT molecular complexity index is 1600. The lowest BCUT2D eigenvalue weighted by Crippen LogP contribution is -2.61. The quantitative estimate of drug-likeness (QED) is 0.162. The second-order valence-corrected chi connectivity index (χ2v) is 13.9. The number of nitrogens with one attached hydrogen (secondary N) is 1. The van der Waals surface area contributed by atoms with Crippen molar-refractivity contribution in [3.63, 3.8) is 0 Å². The Kier molecular flexibility index (Phi) is 13.8. The number of nitrogens with two attached hydrogens (primary N) is 1. The maximum atomic E-state index is 14.2. The first kappa shape index (κ1) is 41.3. The summed E-state index contributed by atoms with van der Waals surface area (Å²) >= 11 is 0. The lowest BCUT2D eigenvalue weighted by molar-refractivity contribution is -0.140. The minimum absolute atomic E-state index is 0.00210. The minimum Gasteiger partial charge on any atom is -0.490 e. The van der Waals surface area contributed by atoms with Crippen LogP contribution in [0.25, 0.3) is 11.5 Å². The molecule has 1 aliphatic rings. The molecule has 16 nitrogen and oxygen atoms in total. The van der Waals surface area contributed by atoms with Gasteiger partial charge in [-0.25, -0.2) is 14.6 Å². The normalized spacial score (nSPS) is 15.5. The minimum atomic E-state index is -3.17. The molecule has 0 spiro atoms. The van der Waals surface area contributed by atoms with E-state index in [-0.39, 0.29) is 67.1 Å². The van der Waals surface area contributed by atoms with E-state index in [4.69, 9.17) is 24.4 Å². The van der Waals surface area contributed by atoms with Crippen LogP contribution >= 0.6 is 0 Å². The Morgan fingerprint density at radius 1 is 1.02 bits per heavy atom. The number of esters is 1. The Hall–Kier alpha value is -5.16. The molecule has 1 fully saturated rings. The summed E-state index contributed by atoms with van der Waals surface area (Å²) in [7, 11) is 1.27. The number of nitrogens with zero attached hydrogens (tertiary/aromatic N) is 3. The number of amides is 4. The highest BCUT2D eigenvalue weighted by molar-refractivity contribution is 5.97. The molecule has 2 aromatic rings. The van der Waals surface area contributed by atoms with Gasteiger partial charge in [-0.2, -0.15) is 8.78 Å². The van der Waals surface area contributed by atoms with E-state index in [1.54, 1.807) is 41.5 Å². The molecule has 1 aromatic heterocycles. The van der Waals surface area contributed by atoms with E-state index < -0.39 is 59.9 Å². The van der Waals surface area contributed by atoms with Crippen LogP contribution in [0.15, 0.2) is 22.6 Å². The summed E-state index contributed by atoms with van der Waals surface area (Å²) in [6, 6.07) is 1.58. The molecule has 18 heteroatoms. The highest BCUT2D eigenvalue weighted by atomic mass is 19.3. The number of primary amides is 1. The molecule has 3 N–H and O–H groups in total. The van der Waals surface area contributed by atoms with E-state index in [9.17, 15) is 32.8 Å². The number of piperazine rings is 1. The SMILES string of the molecule is COC(=O)CCCCOc1cc(-c2nc(C(=O)N3CCN(C(=O)OC(C)(C)C)CC3C(N)=O)c([C@H](C)NC(=O)OC(C)(C)C)o2)ccc1OC(F)F. The average molecular weight is 740 g/mol. The van der Waals surface area contributed by atoms with Crippen molar-refractivity contribution < 1.29 is 60.9 Å². The maximum absolute atomic E-state index is 14.2. The summed E-state index contributed by atoms with van der Waals surface area (Å²) in [6.45, 7) is 8.06. The summed E-state index contributed by atoms with van der Waals surface area (Å²) in [5, 5.41) is 2.60. The summed E-state index contributed by atoms with van der Waals surface area (Å²) in [6.07, 6.45) is -0.587. The first-order chi connectivity index (χ1) is 24.2. The van der Waals surface area contributed by atoms with Gasteiger partial charge in [0.15, 0.2) is 23.0 Å². The zero-order valence-corrected chi connectivity index (χ0v) is 30.6. The van der Waals surface area contributed by atoms with Gasteiger partial charge in [0.25, 0.3) is 5.91 Å². The van der Waals surface area contributed by atoms with Gasteiger partial charge in [0, 0.05) is 25.1 Å². The van der Waals surface area contributed by atoms with Gasteiger partial charge in [0.2, 0.25) is 11.8 Å². The fraction of sp³-hybridized carbons (Fsp3) is 0.588. The monoisotopic (exact) mass is 739 g/mol. The molecule has 0 bridgehead atoms. The average Bonchev–Trinajstić information content (AvgIpc) is 3.48. The number of aromatic nitrogens is 1. The third kappa shape index (κ3) is 12.0. The van der Waals surface area contributed by atoms with Gasteiger partial charge in [-0.1, -0.05) is 0 Å². The van der Waals surface area contributed by atoms with Gasteiger partial charge < -0.3 is 49.0 Å². The first-order valence-corrected chi connectivity index (χ1v) is 16.6. The van der Waals surface area contributed by atoms with Crippen LogP contribution < -0.4 is 20.5 Å². The number of ether oxygens (including phenoxy) is 5. The number of carbonyl (C=O) groups excluding carboxylic acids is 5. The molecule has 52 heavy (non-hydrogen) atoms. The lowest BCUT2D eigenvalue weighted by Gasteiger charge is -2.39. The van der Waals surface area contributed by atoms with Crippen molar-refractivity contribution in [1.29, 1.82) is 0 Å². The summed E-state index contributed by atoms with van der Waals surface area (Å²) in [5.41, 5.74) is 3.91. The smallest absolute Gasteiger partial charge is 0.410 e. The van der Waals surface area contributed by atoms with Crippen LogP contribution in [0.1, 0.15) is 90.0 Å². The number of hydrogen-bond donors (Lipinski definition) is 2. The van der Waals surface area contributed by atoms with Crippen LogP contribution in [0.2, 0.25) is 0 Å². The van der Waals surface area contributed by atoms with Crippen molar-refractivity contribution in [1.82, 2.24) is 20.1 Å². The molecule has 1 unspecified atom stereocenters. The molecule has 2 heterocycles. The Labute approximate surface area is 300 Å². The molecular formula is C34H47F2N5O11. The van der Waals surface area contributed by atoms with E-state index >= 15 is 0 Å². The summed E-state index contributed by atoms with van der Waals surface area (Å²) < 4.78 is 58.2. The molecule has 1 aromatic carbocycles. The number of carbonyl (C=O) groups is 5. The van der Waals surface area contributed by atoms with Gasteiger partial charge in [-0.3, -0.25) is 14.4 Å². The van der Waals surface area contributed by atoms with E-state index in [1.165, 1.54) is 37.1 Å². The predicted molar refractivity (Wildman–Crippen MR) is 180 cm³/mol. The number of halogens is 2. The number of hydrogen-bond acceptors (Lipinski definition) is 12. The number of rotatable bonds is 13. The molecule has 1 saturated heterocycles. The van der Waals surface area contributed by atoms with Gasteiger partial charge in [-0.05, 0) is 79.5 Å². The van der Waals surface area contributed by atoms with Crippen LogP contribution in [0, 0.1) is 0 Å². The molecule has 0 saturated carbocycles. The zero-order valence-electron chi connectivity index (χ0n) is 30.6. The third-order valence-electron chi connectivity index (χ3n) is 7.27.